The van der Waals surface area contributed by atoms with E-state index in [1.165, 1.54) is 12.8 Å². The highest BCUT2D eigenvalue weighted by molar-refractivity contribution is 7.80. The lowest BCUT2D eigenvalue weighted by Crippen LogP contribution is -2.52. The minimum Gasteiger partial charge on any atom is -0.358 e. The normalized spacial score (nSPS) is 22.7. The number of thiocarbonyl (C=S) groups is 1. The SMILES string of the molecule is CCCCn1nc(C)c(C(=O)NNC(=S)N[C@H]2CCC[C@H](C)[C@@H]2C)c1Cl. The fourth-order valence-corrected chi connectivity index (χ4v) is 3.98. The topological polar surface area (TPSA) is 71.0 Å². The van der Waals surface area contributed by atoms with E-state index in [1.807, 2.05) is 0 Å². The monoisotopic (exact) mass is 399 g/mol. The number of hydrogen-bond donors (Lipinski definition) is 3. The number of carbonyl (C=O) groups is 1. The number of nitrogens with one attached hydrogen (secondary N) is 3. The standard InChI is InChI=1S/C18H30ClN5OS/c1-5-6-10-24-16(19)15(13(4)23-24)17(25)21-22-18(26)20-14-9-7-8-11(2)12(14)3/h11-12,14H,5-10H2,1-4H3,(H,21,25)(H2,20,22,26)/t11-,12-,14-/m0/s1. The van der Waals surface area contributed by atoms with Gasteiger partial charge in [-0.3, -0.25) is 20.3 Å². The second-order valence-electron chi connectivity index (χ2n) is 7.25. The van der Waals surface area contributed by atoms with E-state index < -0.39 is 0 Å². The van der Waals surface area contributed by atoms with E-state index in [0.717, 1.165) is 19.3 Å². The van der Waals surface area contributed by atoms with Gasteiger partial charge in [0, 0.05) is 12.6 Å². The zero-order chi connectivity index (χ0) is 19.3. The summed E-state index contributed by atoms with van der Waals surface area (Å²) >= 11 is 11.7. The van der Waals surface area contributed by atoms with Gasteiger partial charge in [-0.15, -0.1) is 0 Å². The molecule has 0 aromatic carbocycles. The molecule has 6 nitrogen and oxygen atoms in total. The molecule has 8 heteroatoms. The first-order chi connectivity index (χ1) is 12.3. The molecule has 3 N–H and O–H groups in total. The first-order valence-electron chi connectivity index (χ1n) is 9.44. The van der Waals surface area contributed by atoms with Gasteiger partial charge in [0.15, 0.2) is 5.11 Å². The molecule has 1 fully saturated rings. The van der Waals surface area contributed by atoms with Crippen LogP contribution in [0.4, 0.5) is 0 Å². The van der Waals surface area contributed by atoms with Crippen molar-refractivity contribution in [3.05, 3.63) is 16.4 Å². The van der Waals surface area contributed by atoms with Gasteiger partial charge in [-0.25, -0.2) is 0 Å². The molecule has 0 saturated heterocycles. The molecule has 3 atom stereocenters. The molecule has 1 aliphatic carbocycles. The Balaban J connectivity index is 1.90. The molecular formula is C18H30ClN5OS. The maximum absolute atomic E-state index is 12.5. The second kappa shape index (κ2) is 9.55. The molecule has 26 heavy (non-hydrogen) atoms. The van der Waals surface area contributed by atoms with Crippen molar-refractivity contribution in [2.24, 2.45) is 11.8 Å². The highest BCUT2D eigenvalue weighted by atomic mass is 35.5. The number of halogens is 1. The van der Waals surface area contributed by atoms with E-state index in [4.69, 9.17) is 23.8 Å². The Morgan fingerprint density at radius 2 is 2.08 bits per heavy atom. The number of unbranched alkanes of at least 4 members (excludes halogenated alkanes) is 1. The lowest BCUT2D eigenvalue weighted by Gasteiger charge is -2.35. The third-order valence-corrected chi connectivity index (χ3v) is 5.93. The summed E-state index contributed by atoms with van der Waals surface area (Å²) in [6.45, 7) is 9.11. The zero-order valence-corrected chi connectivity index (χ0v) is 17.6. The van der Waals surface area contributed by atoms with Gasteiger partial charge in [-0.1, -0.05) is 51.6 Å². The number of hydrazine groups is 1. The Bertz CT molecular complexity index is 648. The fraction of sp³-hybridized carbons (Fsp3) is 0.722. The van der Waals surface area contributed by atoms with Crippen LogP contribution in [0.5, 0.6) is 0 Å². The van der Waals surface area contributed by atoms with Gasteiger partial charge in [0.2, 0.25) is 0 Å². The van der Waals surface area contributed by atoms with Crippen LogP contribution in [-0.2, 0) is 6.54 Å². The van der Waals surface area contributed by atoms with E-state index in [-0.39, 0.29) is 5.91 Å². The van der Waals surface area contributed by atoms with E-state index in [1.54, 1.807) is 11.6 Å². The number of amides is 1. The maximum atomic E-state index is 12.5. The number of aromatic nitrogens is 2. The van der Waals surface area contributed by atoms with Crippen molar-refractivity contribution in [1.82, 2.24) is 25.9 Å². The predicted molar refractivity (Wildman–Crippen MR) is 109 cm³/mol. The molecule has 146 valence electrons. The van der Waals surface area contributed by atoms with Crippen molar-refractivity contribution in [3.8, 4) is 0 Å². The van der Waals surface area contributed by atoms with Crippen molar-refractivity contribution in [3.63, 3.8) is 0 Å². The molecule has 2 rings (SSSR count). The van der Waals surface area contributed by atoms with Crippen LogP contribution >= 0.6 is 23.8 Å². The number of aryl methyl sites for hydroxylation is 2. The van der Waals surface area contributed by atoms with Crippen LogP contribution in [0.1, 0.15) is 68.9 Å². The minimum atomic E-state index is -0.329. The fourth-order valence-electron chi connectivity index (χ4n) is 3.43. The largest absolute Gasteiger partial charge is 0.358 e. The van der Waals surface area contributed by atoms with Gasteiger partial charge in [0.1, 0.15) is 10.7 Å². The summed E-state index contributed by atoms with van der Waals surface area (Å²) in [6, 6.07) is 0.331. The Morgan fingerprint density at radius 1 is 1.35 bits per heavy atom. The van der Waals surface area contributed by atoms with Crippen LogP contribution in [-0.4, -0.2) is 26.8 Å². The first-order valence-corrected chi connectivity index (χ1v) is 10.2. The van der Waals surface area contributed by atoms with Crippen molar-refractivity contribution < 1.29 is 4.79 Å². The van der Waals surface area contributed by atoms with Crippen molar-refractivity contribution in [2.75, 3.05) is 0 Å². The molecule has 0 radical (unpaired) electrons. The number of nitrogens with zero attached hydrogens (tertiary/aromatic N) is 2. The summed E-state index contributed by atoms with van der Waals surface area (Å²) < 4.78 is 1.68. The van der Waals surface area contributed by atoms with E-state index in [9.17, 15) is 4.79 Å². The first kappa shape index (κ1) is 21.0. The van der Waals surface area contributed by atoms with E-state index in [2.05, 4.69) is 42.0 Å². The molecule has 1 aromatic rings. The molecule has 0 bridgehead atoms. The predicted octanol–water partition coefficient (Wildman–Crippen LogP) is 3.58. The van der Waals surface area contributed by atoms with E-state index >= 15 is 0 Å². The lowest BCUT2D eigenvalue weighted by molar-refractivity contribution is 0.0942. The molecule has 1 amide bonds. The summed E-state index contributed by atoms with van der Waals surface area (Å²) in [4.78, 5) is 12.5. The van der Waals surface area contributed by atoms with Crippen LogP contribution in [0.25, 0.3) is 0 Å². The second-order valence-corrected chi connectivity index (χ2v) is 8.02. The lowest BCUT2D eigenvalue weighted by atomic mass is 9.78. The Morgan fingerprint density at radius 3 is 2.77 bits per heavy atom. The quantitative estimate of drug-likeness (QED) is 0.521. The highest BCUT2D eigenvalue weighted by Gasteiger charge is 2.27. The highest BCUT2D eigenvalue weighted by Crippen LogP contribution is 2.29. The molecule has 1 aliphatic rings. The third kappa shape index (κ3) is 5.10. The molecule has 1 aromatic heterocycles. The smallest absolute Gasteiger partial charge is 0.274 e. The molecule has 0 unspecified atom stereocenters. The van der Waals surface area contributed by atoms with Gasteiger partial charge in [0.25, 0.3) is 5.91 Å². The maximum Gasteiger partial charge on any atom is 0.274 e. The van der Waals surface area contributed by atoms with Gasteiger partial charge in [-0.05, 0) is 43.8 Å². The summed E-state index contributed by atoms with van der Waals surface area (Å²) in [7, 11) is 0. The van der Waals surface area contributed by atoms with Crippen molar-refractivity contribution in [2.45, 2.75) is 72.4 Å². The zero-order valence-electron chi connectivity index (χ0n) is 16.1. The molecule has 0 aliphatic heterocycles. The third-order valence-electron chi connectivity index (χ3n) is 5.33. The van der Waals surface area contributed by atoms with Crippen LogP contribution < -0.4 is 16.2 Å². The van der Waals surface area contributed by atoms with Crippen LogP contribution in [0.3, 0.4) is 0 Å². The van der Waals surface area contributed by atoms with Crippen LogP contribution in [0, 0.1) is 18.8 Å². The van der Waals surface area contributed by atoms with Gasteiger partial charge >= 0.3 is 0 Å². The summed E-state index contributed by atoms with van der Waals surface area (Å²) in [5.74, 6) is 0.895. The summed E-state index contributed by atoms with van der Waals surface area (Å²) in [5.41, 5.74) is 6.43. The van der Waals surface area contributed by atoms with Gasteiger partial charge in [-0.2, -0.15) is 5.10 Å². The van der Waals surface area contributed by atoms with Gasteiger partial charge < -0.3 is 5.32 Å². The number of carbonyl (C=O) groups excluding carboxylic acids is 1. The Kier molecular flexibility index (Phi) is 7.70. The minimum absolute atomic E-state index is 0.329. The summed E-state index contributed by atoms with van der Waals surface area (Å²) in [5, 5.41) is 8.47. The number of hydrogen-bond acceptors (Lipinski definition) is 3. The van der Waals surface area contributed by atoms with Crippen LogP contribution in [0.15, 0.2) is 0 Å². The molecule has 0 spiro atoms. The van der Waals surface area contributed by atoms with Crippen molar-refractivity contribution in [1.29, 1.82) is 0 Å². The Hall–Kier alpha value is -1.34. The number of rotatable bonds is 5. The molecule has 1 saturated carbocycles. The molecule has 1 heterocycles. The van der Waals surface area contributed by atoms with Gasteiger partial charge in [0.05, 0.1) is 5.69 Å². The average molecular weight is 400 g/mol. The Labute approximate surface area is 166 Å². The molecular weight excluding hydrogens is 370 g/mol. The van der Waals surface area contributed by atoms with Crippen molar-refractivity contribution >= 4 is 34.8 Å². The van der Waals surface area contributed by atoms with E-state index in [0.29, 0.717) is 45.9 Å². The van der Waals surface area contributed by atoms with Crippen LogP contribution in [0.2, 0.25) is 5.15 Å². The summed E-state index contributed by atoms with van der Waals surface area (Å²) in [6.07, 6.45) is 5.55. The average Bonchev–Trinajstić information content (AvgIpc) is 2.88.